The van der Waals surface area contributed by atoms with Crippen LogP contribution < -0.4 is 0 Å². The second kappa shape index (κ2) is 5.87. The van der Waals surface area contributed by atoms with E-state index in [4.69, 9.17) is 11.6 Å². The fourth-order valence-corrected chi connectivity index (χ4v) is 5.46. The Morgan fingerprint density at radius 1 is 1.04 bits per heavy atom. The molecule has 0 heterocycles. The van der Waals surface area contributed by atoms with Crippen molar-refractivity contribution < 1.29 is 17.2 Å². The molecule has 2 nitrogen and oxygen atoms in total. The van der Waals surface area contributed by atoms with Crippen LogP contribution in [-0.4, -0.2) is 8.42 Å². The van der Waals surface area contributed by atoms with Crippen LogP contribution in [0, 0.1) is 17.6 Å². The predicted molar refractivity (Wildman–Crippen MR) is 85.2 cm³/mol. The summed E-state index contributed by atoms with van der Waals surface area (Å²) in [6.45, 7) is 1.76. The molecule has 23 heavy (non-hydrogen) atoms. The van der Waals surface area contributed by atoms with E-state index in [-0.39, 0.29) is 21.9 Å². The first-order chi connectivity index (χ1) is 10.8. The maximum absolute atomic E-state index is 14.3. The van der Waals surface area contributed by atoms with Crippen molar-refractivity contribution in [1.82, 2.24) is 0 Å². The maximum atomic E-state index is 14.3. The molecule has 1 aliphatic carbocycles. The molecule has 0 aliphatic heterocycles. The summed E-state index contributed by atoms with van der Waals surface area (Å²) in [5.41, 5.74) is 0.143. The summed E-state index contributed by atoms with van der Waals surface area (Å²) in [7, 11) is -3.85. The third-order valence-electron chi connectivity index (χ3n) is 4.37. The molecule has 0 saturated heterocycles. The van der Waals surface area contributed by atoms with Gasteiger partial charge in [-0.05, 0) is 60.7 Å². The van der Waals surface area contributed by atoms with Crippen molar-refractivity contribution >= 4 is 21.4 Å². The maximum Gasteiger partial charge on any atom is 0.185 e. The summed E-state index contributed by atoms with van der Waals surface area (Å²) in [6.07, 6.45) is 0.831. The Labute approximate surface area is 139 Å². The molecule has 0 bridgehead atoms. The lowest BCUT2D eigenvalue weighted by molar-refractivity contribution is 0.432. The zero-order valence-electron chi connectivity index (χ0n) is 12.4. The first-order valence-electron chi connectivity index (χ1n) is 7.28. The molecular formula is C17H15ClF2O2S. The molecule has 0 spiro atoms. The van der Waals surface area contributed by atoms with Crippen LogP contribution in [0.2, 0.25) is 5.02 Å². The third kappa shape index (κ3) is 2.76. The SMILES string of the molecule is CC1CCc2c(F)ccc(F)c2C1S(=O)(=O)c1ccc(Cl)cc1. The molecule has 0 radical (unpaired) electrons. The Balaban J connectivity index is 2.20. The summed E-state index contributed by atoms with van der Waals surface area (Å²) in [5, 5.41) is -0.679. The molecule has 122 valence electrons. The molecule has 6 heteroatoms. The summed E-state index contributed by atoms with van der Waals surface area (Å²) in [4.78, 5) is 0.0651. The van der Waals surface area contributed by atoms with Crippen molar-refractivity contribution in [3.63, 3.8) is 0 Å². The van der Waals surface area contributed by atoms with Crippen LogP contribution in [0.1, 0.15) is 29.7 Å². The van der Waals surface area contributed by atoms with Crippen molar-refractivity contribution in [3.8, 4) is 0 Å². The number of sulfone groups is 1. The van der Waals surface area contributed by atoms with Gasteiger partial charge in [-0.1, -0.05) is 18.5 Å². The van der Waals surface area contributed by atoms with Crippen LogP contribution in [0.3, 0.4) is 0 Å². The van der Waals surface area contributed by atoms with Crippen LogP contribution in [-0.2, 0) is 16.3 Å². The monoisotopic (exact) mass is 356 g/mol. The van der Waals surface area contributed by atoms with Crippen LogP contribution in [0.15, 0.2) is 41.3 Å². The smallest absolute Gasteiger partial charge is 0.185 e. The topological polar surface area (TPSA) is 34.1 Å². The van der Waals surface area contributed by atoms with Gasteiger partial charge in [0.05, 0.1) is 10.1 Å². The Morgan fingerprint density at radius 3 is 2.30 bits per heavy atom. The average molecular weight is 357 g/mol. The van der Waals surface area contributed by atoms with Gasteiger partial charge < -0.3 is 0 Å². The number of benzene rings is 2. The van der Waals surface area contributed by atoms with Crippen molar-refractivity contribution in [1.29, 1.82) is 0 Å². The normalized spacial score (nSPS) is 21.0. The number of hydrogen-bond donors (Lipinski definition) is 0. The Bertz CT molecular complexity index is 848. The summed E-state index contributed by atoms with van der Waals surface area (Å²) in [6, 6.07) is 7.80. The highest BCUT2D eigenvalue weighted by atomic mass is 35.5. The highest BCUT2D eigenvalue weighted by molar-refractivity contribution is 7.91. The standard InChI is InChI=1S/C17H15ClF2O2S/c1-10-2-7-13-14(19)8-9-15(20)16(13)17(10)23(21,22)12-5-3-11(18)4-6-12/h3-6,8-10,17H,2,7H2,1H3. The van der Waals surface area contributed by atoms with E-state index in [0.29, 0.717) is 17.9 Å². The number of fused-ring (bicyclic) bond motifs is 1. The van der Waals surface area contributed by atoms with E-state index in [1.54, 1.807) is 6.92 Å². The highest BCUT2D eigenvalue weighted by Gasteiger charge is 2.40. The lowest BCUT2D eigenvalue weighted by atomic mass is 9.84. The van der Waals surface area contributed by atoms with Gasteiger partial charge in [-0.15, -0.1) is 0 Å². The highest BCUT2D eigenvalue weighted by Crippen LogP contribution is 2.44. The lowest BCUT2D eigenvalue weighted by Gasteiger charge is -2.31. The van der Waals surface area contributed by atoms with Gasteiger partial charge in [0.2, 0.25) is 0 Å². The van der Waals surface area contributed by atoms with Gasteiger partial charge in [-0.25, -0.2) is 17.2 Å². The van der Waals surface area contributed by atoms with Crippen LogP contribution in [0.25, 0.3) is 0 Å². The zero-order chi connectivity index (χ0) is 16.8. The average Bonchev–Trinajstić information content (AvgIpc) is 2.51. The molecule has 0 saturated carbocycles. The molecule has 2 aromatic carbocycles. The minimum Gasteiger partial charge on any atom is -0.223 e. The fraction of sp³-hybridized carbons (Fsp3) is 0.294. The van der Waals surface area contributed by atoms with Crippen molar-refractivity contribution in [2.75, 3.05) is 0 Å². The van der Waals surface area contributed by atoms with E-state index < -0.39 is 26.7 Å². The second-order valence-corrected chi connectivity index (χ2v) is 8.36. The molecule has 0 amide bonds. The van der Waals surface area contributed by atoms with Crippen molar-refractivity contribution in [2.24, 2.45) is 5.92 Å². The van der Waals surface area contributed by atoms with Gasteiger partial charge in [0.1, 0.15) is 11.6 Å². The van der Waals surface area contributed by atoms with E-state index in [0.717, 1.165) is 12.1 Å². The second-order valence-electron chi connectivity index (χ2n) is 5.86. The molecule has 2 atom stereocenters. The Kier molecular flexibility index (Phi) is 4.19. The van der Waals surface area contributed by atoms with Crippen LogP contribution in [0.4, 0.5) is 8.78 Å². The number of halogens is 3. The summed E-state index contributed by atoms with van der Waals surface area (Å²) >= 11 is 5.80. The quantitative estimate of drug-likeness (QED) is 0.780. The fourth-order valence-electron chi connectivity index (χ4n) is 3.21. The molecule has 2 aromatic rings. The van der Waals surface area contributed by atoms with Gasteiger partial charge in [0.25, 0.3) is 0 Å². The Morgan fingerprint density at radius 2 is 1.65 bits per heavy atom. The van der Waals surface area contributed by atoms with E-state index in [1.165, 1.54) is 24.3 Å². The largest absolute Gasteiger partial charge is 0.223 e. The van der Waals surface area contributed by atoms with Gasteiger partial charge in [0.15, 0.2) is 9.84 Å². The zero-order valence-corrected chi connectivity index (χ0v) is 14.0. The molecule has 0 fully saturated rings. The van der Waals surface area contributed by atoms with Crippen LogP contribution >= 0.6 is 11.6 Å². The van der Waals surface area contributed by atoms with E-state index in [1.807, 2.05) is 0 Å². The number of hydrogen-bond acceptors (Lipinski definition) is 2. The molecule has 1 aliphatic rings. The minimum absolute atomic E-state index is 0.0290. The van der Waals surface area contributed by atoms with Gasteiger partial charge in [0, 0.05) is 10.6 Å². The molecular weight excluding hydrogens is 342 g/mol. The lowest BCUT2D eigenvalue weighted by Crippen LogP contribution is -2.28. The predicted octanol–water partition coefficient (Wildman–Crippen LogP) is 4.72. The van der Waals surface area contributed by atoms with E-state index in [2.05, 4.69) is 0 Å². The van der Waals surface area contributed by atoms with Crippen LogP contribution in [0.5, 0.6) is 0 Å². The van der Waals surface area contributed by atoms with Crippen molar-refractivity contribution in [3.05, 3.63) is 64.2 Å². The Hall–Kier alpha value is -1.46. The van der Waals surface area contributed by atoms with E-state index in [9.17, 15) is 17.2 Å². The number of rotatable bonds is 2. The minimum atomic E-state index is -3.85. The van der Waals surface area contributed by atoms with Gasteiger partial charge in [-0.3, -0.25) is 0 Å². The summed E-state index contributed by atoms with van der Waals surface area (Å²) < 4.78 is 54.4. The molecule has 2 unspecified atom stereocenters. The summed E-state index contributed by atoms with van der Waals surface area (Å²) in [5.74, 6) is -1.53. The van der Waals surface area contributed by atoms with Gasteiger partial charge >= 0.3 is 0 Å². The molecule has 3 rings (SSSR count). The van der Waals surface area contributed by atoms with E-state index >= 15 is 0 Å². The van der Waals surface area contributed by atoms with Gasteiger partial charge in [-0.2, -0.15) is 0 Å². The third-order valence-corrected chi connectivity index (χ3v) is 6.92. The molecule has 0 aromatic heterocycles. The molecule has 0 N–H and O–H groups in total. The first-order valence-corrected chi connectivity index (χ1v) is 9.21. The first kappa shape index (κ1) is 16.4. The van der Waals surface area contributed by atoms with Crippen molar-refractivity contribution in [2.45, 2.75) is 29.9 Å².